The van der Waals surface area contributed by atoms with Crippen molar-refractivity contribution >= 4 is 34.5 Å². The molecule has 29 heavy (non-hydrogen) atoms. The zero-order valence-corrected chi connectivity index (χ0v) is 16.8. The first kappa shape index (κ1) is 19.2. The van der Waals surface area contributed by atoms with Crippen LogP contribution in [-0.4, -0.2) is 30.5 Å². The number of furan rings is 1. The van der Waals surface area contributed by atoms with E-state index in [1.165, 1.54) is 11.3 Å². The van der Waals surface area contributed by atoms with Crippen LogP contribution in [0.25, 0.3) is 10.8 Å². The number of carbonyl (C=O) groups is 2. The molecular formula is C21H21N3O4S. The van der Waals surface area contributed by atoms with Crippen molar-refractivity contribution in [3.05, 3.63) is 47.7 Å². The molecule has 1 saturated heterocycles. The van der Waals surface area contributed by atoms with Crippen LogP contribution in [0.1, 0.15) is 25.0 Å². The number of hydrogen-bond donors (Lipinski definition) is 1. The number of methoxy groups -OCH3 is 1. The molecule has 0 radical (unpaired) electrons. The van der Waals surface area contributed by atoms with Crippen molar-refractivity contribution in [3.8, 4) is 16.5 Å². The van der Waals surface area contributed by atoms with Gasteiger partial charge < -0.3 is 19.4 Å². The largest absolute Gasteiger partial charge is 0.495 e. The van der Waals surface area contributed by atoms with E-state index in [9.17, 15) is 9.59 Å². The maximum absolute atomic E-state index is 12.5. The van der Waals surface area contributed by atoms with Crippen molar-refractivity contribution in [2.45, 2.75) is 25.7 Å². The smallest absolute Gasteiger partial charge is 0.230 e. The minimum absolute atomic E-state index is 0.0750. The topological polar surface area (TPSA) is 84.7 Å². The Morgan fingerprint density at radius 3 is 3.00 bits per heavy atom. The van der Waals surface area contributed by atoms with Gasteiger partial charge in [0.25, 0.3) is 0 Å². The second-order valence-corrected chi connectivity index (χ2v) is 7.59. The molecule has 3 heterocycles. The number of rotatable bonds is 6. The van der Waals surface area contributed by atoms with Crippen LogP contribution in [0.15, 0.2) is 46.4 Å². The van der Waals surface area contributed by atoms with Crippen LogP contribution >= 0.6 is 11.3 Å². The highest BCUT2D eigenvalue weighted by molar-refractivity contribution is 7.13. The number of carbonyl (C=O) groups excluding carboxylic acids is 2. The summed E-state index contributed by atoms with van der Waals surface area (Å²) in [4.78, 5) is 31.0. The van der Waals surface area contributed by atoms with Crippen LogP contribution in [0.5, 0.6) is 5.75 Å². The molecule has 7 nitrogen and oxygen atoms in total. The van der Waals surface area contributed by atoms with Gasteiger partial charge in [-0.2, -0.15) is 0 Å². The summed E-state index contributed by atoms with van der Waals surface area (Å²) in [7, 11) is 1.57. The third-order valence-corrected chi connectivity index (χ3v) is 5.61. The summed E-state index contributed by atoms with van der Waals surface area (Å²) >= 11 is 1.44. The molecule has 4 rings (SSSR count). The molecule has 0 atom stereocenters. The van der Waals surface area contributed by atoms with Gasteiger partial charge in [-0.3, -0.25) is 9.59 Å². The number of hydrogen-bond acceptors (Lipinski definition) is 6. The number of thiazole rings is 1. The van der Waals surface area contributed by atoms with E-state index in [4.69, 9.17) is 9.15 Å². The maximum Gasteiger partial charge on any atom is 0.230 e. The first-order valence-corrected chi connectivity index (χ1v) is 10.3. The molecule has 2 amide bonds. The molecule has 1 aliphatic rings. The Bertz CT molecular complexity index is 1010. The lowest BCUT2D eigenvalue weighted by molar-refractivity contribution is -0.119. The zero-order valence-electron chi connectivity index (χ0n) is 16.0. The lowest BCUT2D eigenvalue weighted by Crippen LogP contribution is -2.35. The Labute approximate surface area is 172 Å². The summed E-state index contributed by atoms with van der Waals surface area (Å²) in [6.07, 6.45) is 4.13. The number of ether oxygens (including phenoxy) is 1. The van der Waals surface area contributed by atoms with Crippen LogP contribution in [-0.2, 0) is 16.0 Å². The first-order chi connectivity index (χ1) is 14.1. The van der Waals surface area contributed by atoms with Gasteiger partial charge in [0.05, 0.1) is 31.2 Å². The summed E-state index contributed by atoms with van der Waals surface area (Å²) < 4.78 is 10.8. The summed E-state index contributed by atoms with van der Waals surface area (Å²) in [5, 5.41) is 5.48. The molecule has 0 unspecified atom stereocenters. The van der Waals surface area contributed by atoms with Crippen molar-refractivity contribution in [1.29, 1.82) is 0 Å². The predicted molar refractivity (Wildman–Crippen MR) is 111 cm³/mol. The van der Waals surface area contributed by atoms with Crippen molar-refractivity contribution in [3.63, 3.8) is 0 Å². The lowest BCUT2D eigenvalue weighted by Gasteiger charge is -2.28. The number of anilines is 2. The number of nitrogens with zero attached hydrogens (tertiary/aromatic N) is 2. The van der Waals surface area contributed by atoms with Gasteiger partial charge in [0, 0.05) is 24.0 Å². The molecule has 150 valence electrons. The second kappa shape index (κ2) is 8.48. The van der Waals surface area contributed by atoms with E-state index >= 15 is 0 Å². The van der Waals surface area contributed by atoms with E-state index in [1.807, 2.05) is 11.4 Å². The molecular weight excluding hydrogens is 390 g/mol. The average molecular weight is 411 g/mol. The number of piperidine rings is 1. The third-order valence-electron chi connectivity index (χ3n) is 4.70. The van der Waals surface area contributed by atoms with Crippen molar-refractivity contribution in [2.24, 2.45) is 0 Å². The molecule has 1 fully saturated rings. The minimum atomic E-state index is -0.178. The fourth-order valence-corrected chi connectivity index (χ4v) is 4.10. The molecule has 0 spiro atoms. The molecule has 0 aliphatic carbocycles. The first-order valence-electron chi connectivity index (χ1n) is 9.40. The SMILES string of the molecule is COc1ccc(NC(=O)Cc2csc(-c3ccco3)n2)cc1N1CCCCC1=O. The second-order valence-electron chi connectivity index (χ2n) is 6.74. The van der Waals surface area contributed by atoms with Crippen LogP contribution in [0.3, 0.4) is 0 Å². The number of amides is 2. The molecule has 0 saturated carbocycles. The summed E-state index contributed by atoms with van der Waals surface area (Å²) in [6.45, 7) is 0.654. The van der Waals surface area contributed by atoms with Crippen LogP contribution < -0.4 is 15.0 Å². The molecule has 1 aromatic carbocycles. The van der Waals surface area contributed by atoms with Gasteiger partial charge >= 0.3 is 0 Å². The highest BCUT2D eigenvalue weighted by atomic mass is 32.1. The van der Waals surface area contributed by atoms with Crippen LogP contribution in [0.4, 0.5) is 11.4 Å². The molecule has 3 aromatic rings. The van der Waals surface area contributed by atoms with Crippen LogP contribution in [0.2, 0.25) is 0 Å². The summed E-state index contributed by atoms with van der Waals surface area (Å²) in [5.41, 5.74) is 1.98. The Morgan fingerprint density at radius 1 is 1.34 bits per heavy atom. The van der Waals surface area contributed by atoms with E-state index in [-0.39, 0.29) is 18.2 Å². The van der Waals surface area contributed by atoms with Crippen molar-refractivity contribution < 1.29 is 18.7 Å². The summed E-state index contributed by atoms with van der Waals surface area (Å²) in [6, 6.07) is 8.96. The van der Waals surface area contributed by atoms with E-state index in [1.54, 1.807) is 42.5 Å². The van der Waals surface area contributed by atoms with Gasteiger partial charge in [0.2, 0.25) is 11.8 Å². The minimum Gasteiger partial charge on any atom is -0.495 e. The lowest BCUT2D eigenvalue weighted by atomic mass is 10.1. The third kappa shape index (κ3) is 4.32. The quantitative estimate of drug-likeness (QED) is 0.660. The van der Waals surface area contributed by atoms with Gasteiger partial charge in [0.15, 0.2) is 10.8 Å². The van der Waals surface area contributed by atoms with E-state index < -0.39 is 0 Å². The number of aromatic nitrogens is 1. The van der Waals surface area contributed by atoms with Gasteiger partial charge in [0.1, 0.15) is 5.75 Å². The normalized spacial score (nSPS) is 14.1. The van der Waals surface area contributed by atoms with Gasteiger partial charge in [-0.15, -0.1) is 11.3 Å². The Hall–Kier alpha value is -3.13. The highest BCUT2D eigenvalue weighted by Gasteiger charge is 2.23. The van der Waals surface area contributed by atoms with Gasteiger partial charge in [-0.1, -0.05) is 0 Å². The maximum atomic E-state index is 12.5. The van der Waals surface area contributed by atoms with Gasteiger partial charge in [-0.05, 0) is 43.2 Å². The van der Waals surface area contributed by atoms with Crippen LogP contribution in [0, 0.1) is 0 Å². The molecule has 2 aromatic heterocycles. The molecule has 1 N–H and O–H groups in total. The summed E-state index contributed by atoms with van der Waals surface area (Å²) in [5.74, 6) is 1.20. The Balaban J connectivity index is 1.47. The fourth-order valence-electron chi connectivity index (χ4n) is 3.31. The van der Waals surface area contributed by atoms with E-state index in [2.05, 4.69) is 10.3 Å². The highest BCUT2D eigenvalue weighted by Crippen LogP contribution is 2.33. The molecule has 1 aliphatic heterocycles. The zero-order chi connectivity index (χ0) is 20.2. The fraction of sp³-hybridized carbons (Fsp3) is 0.286. The number of benzene rings is 1. The Morgan fingerprint density at radius 2 is 2.24 bits per heavy atom. The number of nitrogens with one attached hydrogen (secondary N) is 1. The average Bonchev–Trinajstić information content (AvgIpc) is 3.40. The monoisotopic (exact) mass is 411 g/mol. The molecule has 8 heteroatoms. The standard InChI is InChI=1S/C21H21N3O4S/c1-27-17-8-7-14(11-16(17)24-9-3-2-6-20(24)26)22-19(25)12-15-13-29-21(23-15)18-5-4-10-28-18/h4-5,7-8,10-11,13H,2-3,6,9,12H2,1H3,(H,22,25). The Kier molecular flexibility index (Phi) is 5.62. The van der Waals surface area contributed by atoms with E-state index in [0.717, 1.165) is 17.8 Å². The predicted octanol–water partition coefficient (Wildman–Crippen LogP) is 4.11. The van der Waals surface area contributed by atoms with E-state index in [0.29, 0.717) is 41.5 Å². The van der Waals surface area contributed by atoms with Crippen molar-refractivity contribution in [1.82, 2.24) is 4.98 Å². The molecule has 0 bridgehead atoms. The van der Waals surface area contributed by atoms with Crippen molar-refractivity contribution in [2.75, 3.05) is 23.9 Å². The van der Waals surface area contributed by atoms with Gasteiger partial charge in [-0.25, -0.2) is 4.98 Å².